The van der Waals surface area contributed by atoms with E-state index < -0.39 is 0 Å². The molecule has 1 saturated heterocycles. The van der Waals surface area contributed by atoms with Crippen molar-refractivity contribution in [3.8, 4) is 0 Å². The topological polar surface area (TPSA) is 18.5 Å². The molecule has 0 aliphatic carbocycles. The Morgan fingerprint density at radius 3 is 2.73 bits per heavy atom. The predicted molar refractivity (Wildman–Crippen MR) is 62.8 cm³/mol. The monoisotopic (exact) mass is 213 g/mol. The number of unbranched alkanes of at least 4 members (excludes halogenated alkanes) is 2. The third kappa shape index (κ3) is 5.53. The molecule has 2 nitrogen and oxygen atoms in total. The maximum atomic E-state index is 5.47. The van der Waals surface area contributed by atoms with Gasteiger partial charge in [-0.2, -0.15) is 0 Å². The molecule has 1 rings (SSSR count). The Morgan fingerprint density at radius 1 is 1.33 bits per heavy atom. The van der Waals surface area contributed by atoms with Crippen LogP contribution < -0.4 is 0 Å². The predicted octanol–water partition coefficient (Wildman–Crippen LogP) is 3.21. The number of hydrogen-bond acceptors (Lipinski definition) is 2. The van der Waals surface area contributed by atoms with E-state index >= 15 is 0 Å². The lowest BCUT2D eigenvalue weighted by Gasteiger charge is -2.32. The summed E-state index contributed by atoms with van der Waals surface area (Å²) >= 11 is 0. The first-order chi connectivity index (χ1) is 7.34. The molecule has 15 heavy (non-hydrogen) atoms. The van der Waals surface area contributed by atoms with Gasteiger partial charge in [-0.05, 0) is 31.6 Å². The second-order valence-electron chi connectivity index (χ2n) is 4.49. The van der Waals surface area contributed by atoms with Gasteiger partial charge in [-0.3, -0.25) is 0 Å². The Kier molecular flexibility index (Phi) is 7.03. The van der Waals surface area contributed by atoms with Crippen LogP contribution in [0.15, 0.2) is 0 Å². The van der Waals surface area contributed by atoms with Gasteiger partial charge in [-0.15, -0.1) is 0 Å². The molecule has 89 valence electrons. The summed E-state index contributed by atoms with van der Waals surface area (Å²) in [6.45, 7) is 8.75. The minimum absolute atomic E-state index is 0.562. The Balaban J connectivity index is 1.79. The van der Waals surface area contributed by atoms with Gasteiger partial charge in [0.1, 0.15) is 0 Å². The molecular formula is C13H25O2. The summed E-state index contributed by atoms with van der Waals surface area (Å²) in [4.78, 5) is 0. The van der Waals surface area contributed by atoms with Crippen LogP contribution in [0.3, 0.4) is 0 Å². The van der Waals surface area contributed by atoms with Crippen molar-refractivity contribution in [2.24, 2.45) is 5.92 Å². The van der Waals surface area contributed by atoms with E-state index in [2.05, 4.69) is 13.8 Å². The highest BCUT2D eigenvalue weighted by molar-refractivity contribution is 4.72. The van der Waals surface area contributed by atoms with E-state index in [0.29, 0.717) is 6.10 Å². The first-order valence-corrected chi connectivity index (χ1v) is 6.33. The summed E-state index contributed by atoms with van der Waals surface area (Å²) in [7, 11) is 0. The number of hydrogen-bond donors (Lipinski definition) is 0. The van der Waals surface area contributed by atoms with Crippen molar-refractivity contribution in [3.05, 3.63) is 6.92 Å². The molecule has 0 aromatic heterocycles. The molecule has 2 atom stereocenters. The van der Waals surface area contributed by atoms with Crippen LogP contribution in [-0.4, -0.2) is 25.9 Å². The maximum absolute atomic E-state index is 5.47. The molecular weight excluding hydrogens is 188 g/mol. The van der Waals surface area contributed by atoms with Crippen molar-refractivity contribution >= 4 is 0 Å². The van der Waals surface area contributed by atoms with E-state index in [-0.39, 0.29) is 0 Å². The second-order valence-corrected chi connectivity index (χ2v) is 4.49. The zero-order valence-corrected chi connectivity index (χ0v) is 10.0. The maximum Gasteiger partial charge on any atom is 0.0622 e. The fourth-order valence-corrected chi connectivity index (χ4v) is 1.94. The highest BCUT2D eigenvalue weighted by Gasteiger charge is 2.23. The van der Waals surface area contributed by atoms with Crippen molar-refractivity contribution in [2.75, 3.05) is 19.8 Å². The van der Waals surface area contributed by atoms with Crippen molar-refractivity contribution in [1.82, 2.24) is 0 Å². The molecule has 1 aliphatic rings. The quantitative estimate of drug-likeness (QED) is 0.548. The third-order valence-electron chi connectivity index (χ3n) is 3.11. The lowest BCUT2D eigenvalue weighted by Crippen LogP contribution is -2.32. The van der Waals surface area contributed by atoms with E-state index in [1.165, 1.54) is 32.1 Å². The van der Waals surface area contributed by atoms with Crippen LogP contribution in [0.2, 0.25) is 0 Å². The number of rotatable bonds is 9. The number of ether oxygens (including phenoxy) is 2. The lowest BCUT2D eigenvalue weighted by molar-refractivity contribution is -0.0824. The molecule has 0 amide bonds. The highest BCUT2D eigenvalue weighted by atomic mass is 16.5. The van der Waals surface area contributed by atoms with Crippen LogP contribution in [0.4, 0.5) is 0 Å². The Bertz CT molecular complexity index is 143. The average Bonchev–Trinajstić information content (AvgIpc) is 2.14. The molecule has 1 fully saturated rings. The molecule has 0 N–H and O–H groups in total. The van der Waals surface area contributed by atoms with Crippen LogP contribution >= 0.6 is 0 Å². The Morgan fingerprint density at radius 2 is 2.13 bits per heavy atom. The zero-order chi connectivity index (χ0) is 10.9. The van der Waals surface area contributed by atoms with Gasteiger partial charge < -0.3 is 9.47 Å². The summed E-state index contributed by atoms with van der Waals surface area (Å²) in [5, 5.41) is 0. The summed E-state index contributed by atoms with van der Waals surface area (Å²) in [6.07, 6.45) is 7.82. The first kappa shape index (κ1) is 13.0. The van der Waals surface area contributed by atoms with Gasteiger partial charge in [0.25, 0.3) is 0 Å². The van der Waals surface area contributed by atoms with Gasteiger partial charge >= 0.3 is 0 Å². The molecule has 1 aliphatic heterocycles. The zero-order valence-electron chi connectivity index (χ0n) is 10.0. The molecule has 1 heterocycles. The fourth-order valence-electron chi connectivity index (χ4n) is 1.94. The van der Waals surface area contributed by atoms with Crippen LogP contribution in [0.1, 0.15) is 45.4 Å². The molecule has 0 saturated carbocycles. The molecule has 2 unspecified atom stereocenters. The van der Waals surface area contributed by atoms with Crippen LogP contribution in [0.5, 0.6) is 0 Å². The van der Waals surface area contributed by atoms with E-state index in [1.54, 1.807) is 0 Å². The van der Waals surface area contributed by atoms with Crippen molar-refractivity contribution < 1.29 is 9.47 Å². The molecule has 0 spiro atoms. The molecule has 0 aromatic rings. The summed E-state index contributed by atoms with van der Waals surface area (Å²) < 4.78 is 10.9. The second kappa shape index (κ2) is 8.12. The van der Waals surface area contributed by atoms with Gasteiger partial charge in [-0.25, -0.2) is 0 Å². The molecule has 0 aromatic carbocycles. The SMILES string of the molecule is [CH2]CCOCCCCCC(C)C1CCO1. The van der Waals surface area contributed by atoms with Gasteiger partial charge in [0, 0.05) is 19.8 Å². The van der Waals surface area contributed by atoms with Gasteiger partial charge in [0.05, 0.1) is 6.10 Å². The highest BCUT2D eigenvalue weighted by Crippen LogP contribution is 2.24. The molecule has 0 bridgehead atoms. The van der Waals surface area contributed by atoms with Gasteiger partial charge in [0.15, 0.2) is 0 Å². The standard InChI is InChI=1S/C13H25O2/c1-3-9-14-10-6-4-5-7-12(2)13-8-11-15-13/h12-13H,1,3-11H2,2H3. The fraction of sp³-hybridized carbons (Fsp3) is 0.923. The summed E-state index contributed by atoms with van der Waals surface area (Å²) in [6, 6.07) is 0. The molecule has 2 heteroatoms. The van der Waals surface area contributed by atoms with Crippen LogP contribution in [0.25, 0.3) is 0 Å². The van der Waals surface area contributed by atoms with E-state index in [4.69, 9.17) is 9.47 Å². The largest absolute Gasteiger partial charge is 0.381 e. The average molecular weight is 213 g/mol. The van der Waals surface area contributed by atoms with Crippen molar-refractivity contribution in [1.29, 1.82) is 0 Å². The van der Waals surface area contributed by atoms with E-state index in [9.17, 15) is 0 Å². The minimum Gasteiger partial charge on any atom is -0.381 e. The molecule has 1 radical (unpaired) electrons. The summed E-state index contributed by atoms with van der Waals surface area (Å²) in [5.74, 6) is 0.750. The van der Waals surface area contributed by atoms with Crippen molar-refractivity contribution in [3.63, 3.8) is 0 Å². The first-order valence-electron chi connectivity index (χ1n) is 6.33. The van der Waals surface area contributed by atoms with Crippen LogP contribution in [0, 0.1) is 12.8 Å². The van der Waals surface area contributed by atoms with Gasteiger partial charge in [-0.1, -0.05) is 26.7 Å². The normalized spacial score (nSPS) is 22.4. The summed E-state index contributed by atoms with van der Waals surface area (Å²) in [5.41, 5.74) is 0. The Hall–Kier alpha value is -0.0800. The lowest BCUT2D eigenvalue weighted by atomic mass is 9.93. The van der Waals surface area contributed by atoms with E-state index in [1.807, 2.05) is 0 Å². The van der Waals surface area contributed by atoms with Gasteiger partial charge in [0.2, 0.25) is 0 Å². The Labute approximate surface area is 94.3 Å². The van der Waals surface area contributed by atoms with Crippen molar-refractivity contribution in [2.45, 2.75) is 51.6 Å². The van der Waals surface area contributed by atoms with Crippen LogP contribution in [-0.2, 0) is 9.47 Å². The minimum atomic E-state index is 0.562. The smallest absolute Gasteiger partial charge is 0.0622 e. The van der Waals surface area contributed by atoms with E-state index in [0.717, 1.165) is 32.2 Å². The third-order valence-corrected chi connectivity index (χ3v) is 3.11.